The normalized spacial score (nSPS) is 12.8. The molecule has 4 heteroatoms. The highest BCUT2D eigenvalue weighted by molar-refractivity contribution is 5.62. The third-order valence-electron chi connectivity index (χ3n) is 3.50. The molecule has 1 atom stereocenters. The molecule has 0 aliphatic carbocycles. The number of nitrogens with one attached hydrogen (secondary N) is 2. The summed E-state index contributed by atoms with van der Waals surface area (Å²) in [7, 11) is 0. The molecule has 0 radical (unpaired) electrons. The average molecular weight is 273 g/mol. The number of aryl methyl sites for hydroxylation is 1. The van der Waals surface area contributed by atoms with Crippen LogP contribution in [-0.4, -0.2) is 28.0 Å². The first-order valence-corrected chi connectivity index (χ1v) is 7.06. The quantitative estimate of drug-likeness (QED) is 0.758. The molecule has 2 aromatic rings. The summed E-state index contributed by atoms with van der Waals surface area (Å²) in [6, 6.07) is 8.37. The third kappa shape index (κ3) is 3.68. The summed E-state index contributed by atoms with van der Waals surface area (Å²) in [6.07, 6.45) is 1.52. The molecule has 0 fully saturated rings. The van der Waals surface area contributed by atoms with Gasteiger partial charge in [-0.3, -0.25) is 5.10 Å². The molecule has 1 unspecified atom stereocenters. The molecule has 0 spiro atoms. The summed E-state index contributed by atoms with van der Waals surface area (Å²) in [6.45, 7) is 7.40. The summed E-state index contributed by atoms with van der Waals surface area (Å²) in [4.78, 5) is 0. The van der Waals surface area contributed by atoms with E-state index in [0.717, 1.165) is 16.8 Å². The molecule has 20 heavy (non-hydrogen) atoms. The highest BCUT2D eigenvalue weighted by Gasteiger charge is 2.10. The van der Waals surface area contributed by atoms with Gasteiger partial charge in [0.25, 0.3) is 0 Å². The van der Waals surface area contributed by atoms with Gasteiger partial charge in [0.1, 0.15) is 0 Å². The monoisotopic (exact) mass is 273 g/mol. The maximum atomic E-state index is 9.79. The lowest BCUT2D eigenvalue weighted by Gasteiger charge is -2.15. The number of hydrogen-bond acceptors (Lipinski definition) is 3. The van der Waals surface area contributed by atoms with Gasteiger partial charge in [-0.1, -0.05) is 43.7 Å². The summed E-state index contributed by atoms with van der Waals surface area (Å²) < 4.78 is 0. The standard InChI is InChI=1S/C16H23N3O/c1-11(2)15(20)10-17-8-14-9-18-19-16(14)13-6-4-12(3)5-7-13/h4-7,9,11,15,17,20H,8,10H2,1-3H3,(H,18,19). The third-order valence-corrected chi connectivity index (χ3v) is 3.50. The van der Waals surface area contributed by atoms with Gasteiger partial charge < -0.3 is 10.4 Å². The van der Waals surface area contributed by atoms with Gasteiger partial charge in [-0.05, 0) is 18.4 Å². The SMILES string of the molecule is Cc1ccc(-c2[nH]ncc2CNCC(O)C(C)C)cc1. The zero-order chi connectivity index (χ0) is 14.5. The van der Waals surface area contributed by atoms with Crippen LogP contribution in [0.25, 0.3) is 11.3 Å². The molecule has 2 rings (SSSR count). The van der Waals surface area contributed by atoms with Gasteiger partial charge in [-0.15, -0.1) is 0 Å². The Balaban J connectivity index is 2.00. The minimum Gasteiger partial charge on any atom is -0.392 e. The van der Waals surface area contributed by atoms with Gasteiger partial charge in [0.15, 0.2) is 0 Å². The van der Waals surface area contributed by atoms with Crippen molar-refractivity contribution < 1.29 is 5.11 Å². The fourth-order valence-corrected chi connectivity index (χ4v) is 2.01. The van der Waals surface area contributed by atoms with Crippen LogP contribution >= 0.6 is 0 Å². The molecule has 0 amide bonds. The maximum absolute atomic E-state index is 9.79. The van der Waals surface area contributed by atoms with Gasteiger partial charge in [-0.2, -0.15) is 5.10 Å². The molecular weight excluding hydrogens is 250 g/mol. The van der Waals surface area contributed by atoms with Crippen molar-refractivity contribution in [3.8, 4) is 11.3 Å². The van der Waals surface area contributed by atoms with Crippen molar-refractivity contribution in [1.82, 2.24) is 15.5 Å². The van der Waals surface area contributed by atoms with Crippen LogP contribution in [0.15, 0.2) is 30.5 Å². The Labute approximate surface area is 120 Å². The lowest BCUT2D eigenvalue weighted by molar-refractivity contribution is 0.123. The second-order valence-electron chi connectivity index (χ2n) is 5.58. The van der Waals surface area contributed by atoms with E-state index in [-0.39, 0.29) is 12.0 Å². The lowest BCUT2D eigenvalue weighted by atomic mass is 10.1. The number of rotatable bonds is 6. The van der Waals surface area contributed by atoms with Gasteiger partial charge in [-0.25, -0.2) is 0 Å². The number of aromatic amines is 1. The molecule has 0 saturated carbocycles. The number of benzene rings is 1. The van der Waals surface area contributed by atoms with Crippen LogP contribution in [0.2, 0.25) is 0 Å². The number of aliphatic hydroxyl groups excluding tert-OH is 1. The van der Waals surface area contributed by atoms with E-state index in [0.29, 0.717) is 13.1 Å². The van der Waals surface area contributed by atoms with Crippen LogP contribution in [-0.2, 0) is 6.54 Å². The number of nitrogens with zero attached hydrogens (tertiary/aromatic N) is 1. The van der Waals surface area contributed by atoms with Crippen molar-refractivity contribution in [1.29, 1.82) is 0 Å². The van der Waals surface area contributed by atoms with E-state index in [2.05, 4.69) is 46.7 Å². The van der Waals surface area contributed by atoms with Gasteiger partial charge in [0.2, 0.25) is 0 Å². The summed E-state index contributed by atoms with van der Waals surface area (Å²) in [5.41, 5.74) is 4.53. The second-order valence-corrected chi connectivity index (χ2v) is 5.58. The van der Waals surface area contributed by atoms with Crippen LogP contribution in [0.3, 0.4) is 0 Å². The molecular formula is C16H23N3O. The van der Waals surface area contributed by atoms with Gasteiger partial charge >= 0.3 is 0 Å². The smallest absolute Gasteiger partial charge is 0.0695 e. The van der Waals surface area contributed by atoms with Crippen LogP contribution in [0.4, 0.5) is 0 Å². The van der Waals surface area contributed by atoms with E-state index in [1.807, 2.05) is 20.0 Å². The fraction of sp³-hybridized carbons (Fsp3) is 0.438. The van der Waals surface area contributed by atoms with Crippen LogP contribution in [0, 0.1) is 12.8 Å². The summed E-state index contributed by atoms with van der Waals surface area (Å²) in [5.74, 6) is 0.267. The molecule has 3 N–H and O–H groups in total. The molecule has 0 saturated heterocycles. The maximum Gasteiger partial charge on any atom is 0.0695 e. The van der Waals surface area contributed by atoms with Crippen LogP contribution < -0.4 is 5.32 Å². The first-order valence-electron chi connectivity index (χ1n) is 7.06. The van der Waals surface area contributed by atoms with Crippen molar-refractivity contribution in [2.24, 2.45) is 5.92 Å². The number of H-pyrrole nitrogens is 1. The molecule has 0 aliphatic rings. The van der Waals surface area contributed by atoms with E-state index < -0.39 is 0 Å². The first kappa shape index (κ1) is 14.8. The molecule has 1 aromatic carbocycles. The molecule has 0 bridgehead atoms. The number of hydrogen-bond donors (Lipinski definition) is 3. The van der Waals surface area contributed by atoms with E-state index in [1.165, 1.54) is 5.56 Å². The van der Waals surface area contributed by atoms with E-state index in [1.54, 1.807) is 0 Å². The van der Waals surface area contributed by atoms with Crippen molar-refractivity contribution in [2.45, 2.75) is 33.4 Å². The Morgan fingerprint density at radius 3 is 2.60 bits per heavy atom. The Morgan fingerprint density at radius 2 is 1.95 bits per heavy atom. The van der Waals surface area contributed by atoms with Crippen LogP contribution in [0.5, 0.6) is 0 Å². The summed E-state index contributed by atoms with van der Waals surface area (Å²) in [5, 5.41) is 20.2. The molecule has 108 valence electrons. The van der Waals surface area contributed by atoms with Crippen LogP contribution in [0.1, 0.15) is 25.0 Å². The zero-order valence-corrected chi connectivity index (χ0v) is 12.4. The Kier molecular flexibility index (Phi) is 4.93. The minimum absolute atomic E-state index is 0.267. The topological polar surface area (TPSA) is 60.9 Å². The predicted molar refractivity (Wildman–Crippen MR) is 81.3 cm³/mol. The summed E-state index contributed by atoms with van der Waals surface area (Å²) >= 11 is 0. The largest absolute Gasteiger partial charge is 0.392 e. The Bertz CT molecular complexity index is 531. The van der Waals surface area contributed by atoms with Gasteiger partial charge in [0, 0.05) is 18.7 Å². The first-order chi connectivity index (χ1) is 9.58. The fourth-order valence-electron chi connectivity index (χ4n) is 2.01. The molecule has 0 aliphatic heterocycles. The van der Waals surface area contributed by atoms with E-state index >= 15 is 0 Å². The predicted octanol–water partition coefficient (Wildman–Crippen LogP) is 2.49. The van der Waals surface area contributed by atoms with Crippen molar-refractivity contribution in [2.75, 3.05) is 6.54 Å². The number of aromatic nitrogens is 2. The zero-order valence-electron chi connectivity index (χ0n) is 12.4. The lowest BCUT2D eigenvalue weighted by Crippen LogP contribution is -2.30. The minimum atomic E-state index is -0.315. The number of aliphatic hydroxyl groups is 1. The average Bonchev–Trinajstić information content (AvgIpc) is 2.88. The molecule has 1 heterocycles. The van der Waals surface area contributed by atoms with E-state index in [4.69, 9.17) is 0 Å². The molecule has 1 aromatic heterocycles. The van der Waals surface area contributed by atoms with Crippen molar-refractivity contribution in [3.05, 3.63) is 41.6 Å². The van der Waals surface area contributed by atoms with E-state index in [9.17, 15) is 5.11 Å². The van der Waals surface area contributed by atoms with Crippen molar-refractivity contribution >= 4 is 0 Å². The Hall–Kier alpha value is -1.65. The van der Waals surface area contributed by atoms with Gasteiger partial charge in [0.05, 0.1) is 18.0 Å². The molecule has 4 nitrogen and oxygen atoms in total. The highest BCUT2D eigenvalue weighted by Crippen LogP contribution is 2.21. The Morgan fingerprint density at radius 1 is 1.25 bits per heavy atom. The highest BCUT2D eigenvalue weighted by atomic mass is 16.3. The second kappa shape index (κ2) is 6.68. The van der Waals surface area contributed by atoms with Crippen molar-refractivity contribution in [3.63, 3.8) is 0 Å².